The Hall–Kier alpha value is -3.72. The van der Waals surface area contributed by atoms with Crippen molar-refractivity contribution in [2.24, 2.45) is 0 Å². The Morgan fingerprint density at radius 1 is 1.00 bits per heavy atom. The highest BCUT2D eigenvalue weighted by molar-refractivity contribution is 7.92. The summed E-state index contributed by atoms with van der Waals surface area (Å²) < 4.78 is 44.4. The van der Waals surface area contributed by atoms with Crippen LogP contribution < -0.4 is 24.2 Å². The topological polar surface area (TPSA) is 103 Å². The molecule has 3 aromatic carbocycles. The lowest BCUT2D eigenvalue weighted by Crippen LogP contribution is -2.29. The van der Waals surface area contributed by atoms with Gasteiger partial charge in [0.15, 0.2) is 11.5 Å². The number of fused-ring (bicyclic) bond motifs is 1. The number of rotatable bonds is 8. The molecule has 1 aliphatic rings. The maximum absolute atomic E-state index is 12.8. The van der Waals surface area contributed by atoms with Crippen molar-refractivity contribution in [3.8, 4) is 17.2 Å². The molecular weight excluding hydrogens is 444 g/mol. The van der Waals surface area contributed by atoms with Gasteiger partial charge in [0.25, 0.3) is 15.9 Å². The van der Waals surface area contributed by atoms with Crippen molar-refractivity contribution in [3.05, 3.63) is 77.4 Å². The van der Waals surface area contributed by atoms with Gasteiger partial charge in [0.05, 0.1) is 11.4 Å². The smallest absolute Gasteiger partial charge is 0.261 e. The maximum Gasteiger partial charge on any atom is 0.261 e. The molecule has 0 aliphatic carbocycles. The second-order valence-electron chi connectivity index (χ2n) is 7.57. The average Bonchev–Trinajstić information content (AvgIpc) is 3.24. The largest absolute Gasteiger partial charge is 0.492 e. The molecule has 0 radical (unpaired) electrons. The van der Waals surface area contributed by atoms with Crippen molar-refractivity contribution >= 4 is 21.6 Å². The highest BCUT2D eigenvalue weighted by atomic mass is 32.2. The minimum Gasteiger partial charge on any atom is -0.492 e. The quantitative estimate of drug-likeness (QED) is 0.490. The first-order chi connectivity index (χ1) is 15.8. The summed E-state index contributed by atoms with van der Waals surface area (Å²) >= 11 is 0. The fraction of sp³-hybridized carbons (Fsp3) is 0.208. The van der Waals surface area contributed by atoms with Crippen LogP contribution in [-0.2, 0) is 10.0 Å². The van der Waals surface area contributed by atoms with Gasteiger partial charge in [-0.2, -0.15) is 0 Å². The van der Waals surface area contributed by atoms with Gasteiger partial charge in [-0.3, -0.25) is 9.52 Å². The van der Waals surface area contributed by atoms with Crippen LogP contribution in [0.1, 0.15) is 21.5 Å². The van der Waals surface area contributed by atoms with E-state index in [1.807, 2.05) is 13.0 Å². The van der Waals surface area contributed by atoms with Crippen molar-refractivity contribution in [1.29, 1.82) is 0 Å². The number of amides is 1. The van der Waals surface area contributed by atoms with Gasteiger partial charge in [0, 0.05) is 17.3 Å². The molecule has 0 fully saturated rings. The van der Waals surface area contributed by atoms with E-state index in [1.165, 1.54) is 12.1 Å². The summed E-state index contributed by atoms with van der Waals surface area (Å²) in [6.45, 7) is 4.29. The van der Waals surface area contributed by atoms with Crippen LogP contribution in [0.3, 0.4) is 0 Å². The summed E-state index contributed by atoms with van der Waals surface area (Å²) in [5.74, 6) is 1.50. The number of nitrogens with one attached hydrogen (secondary N) is 2. The van der Waals surface area contributed by atoms with Crippen molar-refractivity contribution in [3.63, 3.8) is 0 Å². The molecule has 0 spiro atoms. The van der Waals surface area contributed by atoms with Crippen LogP contribution in [0, 0.1) is 13.8 Å². The third-order valence-corrected chi connectivity index (χ3v) is 6.41. The van der Waals surface area contributed by atoms with E-state index in [9.17, 15) is 13.2 Å². The van der Waals surface area contributed by atoms with Gasteiger partial charge >= 0.3 is 0 Å². The number of carbonyl (C=O) groups is 1. The van der Waals surface area contributed by atoms with Gasteiger partial charge in [-0.05, 0) is 61.4 Å². The van der Waals surface area contributed by atoms with E-state index in [-0.39, 0.29) is 36.3 Å². The van der Waals surface area contributed by atoms with Gasteiger partial charge < -0.3 is 19.5 Å². The molecule has 2 N–H and O–H groups in total. The lowest BCUT2D eigenvalue weighted by Gasteiger charge is -2.12. The van der Waals surface area contributed by atoms with E-state index in [0.717, 1.165) is 5.56 Å². The van der Waals surface area contributed by atoms with E-state index in [0.29, 0.717) is 28.5 Å². The van der Waals surface area contributed by atoms with Crippen molar-refractivity contribution in [1.82, 2.24) is 5.32 Å². The van der Waals surface area contributed by atoms with E-state index in [2.05, 4.69) is 10.0 Å². The molecule has 1 heterocycles. The number of hydrogen-bond donors (Lipinski definition) is 2. The third kappa shape index (κ3) is 5.38. The molecule has 4 rings (SSSR count). The molecule has 0 atom stereocenters. The molecular formula is C24H24N2O6S. The lowest BCUT2D eigenvalue weighted by molar-refractivity contribution is 0.0946. The average molecular weight is 469 g/mol. The first-order valence-corrected chi connectivity index (χ1v) is 11.8. The van der Waals surface area contributed by atoms with Crippen LogP contribution in [0.15, 0.2) is 65.6 Å². The zero-order valence-corrected chi connectivity index (χ0v) is 19.1. The van der Waals surface area contributed by atoms with E-state index in [4.69, 9.17) is 14.2 Å². The Kier molecular flexibility index (Phi) is 6.41. The van der Waals surface area contributed by atoms with Gasteiger partial charge in [0.2, 0.25) is 6.79 Å². The van der Waals surface area contributed by atoms with E-state index >= 15 is 0 Å². The molecule has 0 aromatic heterocycles. The van der Waals surface area contributed by atoms with Crippen molar-refractivity contribution in [2.75, 3.05) is 24.7 Å². The monoisotopic (exact) mass is 468 g/mol. The molecule has 0 unspecified atom stereocenters. The zero-order chi connectivity index (χ0) is 23.4. The number of carbonyl (C=O) groups excluding carboxylic acids is 1. The standard InChI is InChI=1S/C24H24N2O6S/c1-16-4-3-5-18(12-16)26-33(28,29)20-8-6-17(2)21(14-20)24(27)25-10-11-30-19-7-9-22-23(13-19)32-15-31-22/h3-9,12-14,26H,10-11,15H2,1-2H3,(H,25,27). The summed E-state index contributed by atoms with van der Waals surface area (Å²) in [5.41, 5.74) is 2.34. The van der Waals surface area contributed by atoms with Gasteiger partial charge in [-0.1, -0.05) is 18.2 Å². The number of aryl methyl sites for hydroxylation is 2. The normalized spacial score (nSPS) is 12.3. The fourth-order valence-electron chi connectivity index (χ4n) is 3.33. The minimum atomic E-state index is -3.85. The third-order valence-electron chi connectivity index (χ3n) is 5.03. The predicted molar refractivity (Wildman–Crippen MR) is 124 cm³/mol. The van der Waals surface area contributed by atoms with Crippen LogP contribution in [-0.4, -0.2) is 34.3 Å². The first-order valence-electron chi connectivity index (χ1n) is 10.3. The highest BCUT2D eigenvalue weighted by Gasteiger charge is 2.19. The van der Waals surface area contributed by atoms with E-state index in [1.54, 1.807) is 49.4 Å². The molecule has 33 heavy (non-hydrogen) atoms. The molecule has 0 saturated heterocycles. The van der Waals surface area contributed by atoms with Gasteiger partial charge in [-0.15, -0.1) is 0 Å². The molecule has 8 nitrogen and oxygen atoms in total. The maximum atomic E-state index is 12.8. The van der Waals surface area contributed by atoms with Crippen LogP contribution in [0.2, 0.25) is 0 Å². The lowest BCUT2D eigenvalue weighted by atomic mass is 10.1. The van der Waals surface area contributed by atoms with Crippen molar-refractivity contribution in [2.45, 2.75) is 18.7 Å². The summed E-state index contributed by atoms with van der Waals surface area (Å²) in [6.07, 6.45) is 0. The Morgan fingerprint density at radius 3 is 2.64 bits per heavy atom. The minimum absolute atomic E-state index is 0.0105. The summed E-state index contributed by atoms with van der Waals surface area (Å²) in [4.78, 5) is 12.7. The molecule has 3 aromatic rings. The molecule has 9 heteroatoms. The van der Waals surface area contributed by atoms with Gasteiger partial charge in [-0.25, -0.2) is 8.42 Å². The molecule has 1 aliphatic heterocycles. The second-order valence-corrected chi connectivity index (χ2v) is 9.25. The van der Waals surface area contributed by atoms with Gasteiger partial charge in [0.1, 0.15) is 12.4 Å². The Morgan fingerprint density at radius 2 is 1.82 bits per heavy atom. The number of ether oxygens (including phenoxy) is 3. The molecule has 0 bridgehead atoms. The van der Waals surface area contributed by atoms with Crippen LogP contribution >= 0.6 is 0 Å². The number of anilines is 1. The molecule has 172 valence electrons. The summed E-state index contributed by atoms with van der Waals surface area (Å²) in [7, 11) is -3.85. The van der Waals surface area contributed by atoms with Crippen LogP contribution in [0.25, 0.3) is 0 Å². The first kappa shape index (κ1) is 22.5. The zero-order valence-electron chi connectivity index (χ0n) is 18.3. The summed E-state index contributed by atoms with van der Waals surface area (Å²) in [5, 5.41) is 2.76. The second kappa shape index (κ2) is 9.41. The number of hydrogen-bond acceptors (Lipinski definition) is 6. The Labute approximate surface area is 192 Å². The van der Waals surface area contributed by atoms with Crippen LogP contribution in [0.4, 0.5) is 5.69 Å². The van der Waals surface area contributed by atoms with E-state index < -0.39 is 10.0 Å². The highest BCUT2D eigenvalue weighted by Crippen LogP contribution is 2.35. The number of sulfonamides is 1. The number of benzene rings is 3. The fourth-order valence-corrected chi connectivity index (χ4v) is 4.41. The molecule has 0 saturated carbocycles. The van der Waals surface area contributed by atoms with Crippen LogP contribution in [0.5, 0.6) is 17.2 Å². The van der Waals surface area contributed by atoms with Crippen molar-refractivity contribution < 1.29 is 27.4 Å². The Balaban J connectivity index is 1.38. The molecule has 1 amide bonds. The SMILES string of the molecule is Cc1cccc(NS(=O)(=O)c2ccc(C)c(C(=O)NCCOc3ccc4c(c3)OCO4)c2)c1. The Bertz CT molecular complexity index is 1290. The predicted octanol–water partition coefficient (Wildman–Crippen LogP) is 3.64. The summed E-state index contributed by atoms with van der Waals surface area (Å²) in [6, 6.07) is 16.8.